The molecule has 0 spiro atoms. The molecule has 0 aliphatic rings. The molecule has 0 aromatic heterocycles. The van der Waals surface area contributed by atoms with Gasteiger partial charge >= 0.3 is 0 Å². The van der Waals surface area contributed by atoms with Gasteiger partial charge < -0.3 is 6.42 Å². The summed E-state index contributed by atoms with van der Waals surface area (Å²) in [5.41, 5.74) is 0. The second kappa shape index (κ2) is 81.1. The molecule has 0 N–H and O–H groups in total. The van der Waals surface area contributed by atoms with Crippen LogP contribution in [0.25, 0.3) is 0 Å². The fourth-order valence-electron chi connectivity index (χ4n) is 3.19. The minimum atomic E-state index is 1.68. The fraction of sp³-hybridized carbons (Fsp3) is 0.00952. The van der Waals surface area contributed by atoms with Crippen molar-refractivity contribution >= 4 is 0 Å². The van der Waals surface area contributed by atoms with Crippen LogP contribution in [0.1, 0.15) is 6.92 Å². The van der Waals surface area contributed by atoms with Gasteiger partial charge in [0.2, 0.25) is 0 Å². The Morgan fingerprint density at radius 2 is 0.124 bits per heavy atom. The molecule has 0 atom stereocenters. The van der Waals surface area contributed by atoms with Crippen molar-refractivity contribution in [3.05, 3.63) is 6.42 Å². The van der Waals surface area contributed by atoms with E-state index < -0.39 is 0 Å². The minimum absolute atomic E-state index is 1.68. The second-order valence-electron chi connectivity index (χ2n) is 13.0. The molecule has 0 aliphatic heterocycles. The molecule has 0 radical (unpaired) electrons. The van der Waals surface area contributed by atoms with Crippen molar-refractivity contribution in [3.63, 3.8) is 0 Å². The molecular weight excluding hydrogens is 1260 g/mol. The highest BCUT2D eigenvalue weighted by molar-refractivity contribution is 5.56. The van der Waals surface area contributed by atoms with Gasteiger partial charge in [0.15, 0.2) is 0 Å². The van der Waals surface area contributed by atoms with Crippen LogP contribution in [-0.4, -0.2) is 0 Å². The predicted octanol–water partition coefficient (Wildman–Crippen LogP) is 0.769. The van der Waals surface area contributed by atoms with Crippen molar-refractivity contribution in [3.8, 4) is 610 Å². The molecule has 0 nitrogen and oxygen atoms in total. The molecule has 0 aromatic carbocycles. The van der Waals surface area contributed by atoms with Crippen LogP contribution in [-0.2, 0) is 0 Å². The molecule has 0 aliphatic carbocycles. The quantitative estimate of drug-likeness (QED) is 0.249. The van der Waals surface area contributed by atoms with E-state index in [4.69, 9.17) is 6.42 Å². The van der Waals surface area contributed by atoms with Crippen LogP contribution >= 0.6 is 0 Å². The molecule has 0 unspecified atom stereocenters. The maximum absolute atomic E-state index is 6.59. The van der Waals surface area contributed by atoms with E-state index in [0.29, 0.717) is 0 Å². The van der Waals surface area contributed by atoms with Gasteiger partial charge in [-0.3, -0.25) is 5.92 Å². The lowest BCUT2D eigenvalue weighted by atomic mass is 10.4. The molecule has 0 heteroatoms. The summed E-state index contributed by atoms with van der Waals surface area (Å²) in [7, 11) is 0. The van der Waals surface area contributed by atoms with E-state index in [1.54, 1.807) is 6.92 Å². The van der Waals surface area contributed by atoms with E-state index in [-0.39, 0.29) is 0 Å². The fourth-order valence-corrected chi connectivity index (χ4v) is 3.19. The van der Waals surface area contributed by atoms with Gasteiger partial charge in [-0.2, -0.15) is 0 Å². The van der Waals surface area contributed by atoms with Gasteiger partial charge in [0.1, 0.15) is 0 Å². The third kappa shape index (κ3) is 81.1. The molecule has 424 valence electrons. The Hall–Kier alpha value is -22.9. The first-order valence-electron chi connectivity index (χ1n) is 26.2. The molecule has 0 fully saturated rings. The summed E-state index contributed by atoms with van der Waals surface area (Å²) in [6.07, 6.45) is 6.59. The van der Waals surface area contributed by atoms with Crippen molar-refractivity contribution in [2.75, 3.05) is 0 Å². The molecular formula is C105H3-. The number of rotatable bonds is 0. The zero-order chi connectivity index (χ0) is 74.8. The van der Waals surface area contributed by atoms with Crippen LogP contribution in [0.4, 0.5) is 0 Å². The Balaban J connectivity index is 4.64. The third-order valence-corrected chi connectivity index (χ3v) is 6.44. The predicted molar refractivity (Wildman–Crippen MR) is 409 cm³/mol. The van der Waals surface area contributed by atoms with Gasteiger partial charge in [-0.25, -0.2) is 5.92 Å². The standard InChI is InChI=1S/C105H3/c1-3-5-7-9-11-13-15-17-19-21-23-25-27-29-31-33-35-37-39-41-43-45-47-49-51-53-55-57-59-61-63-65-67-69-71-73-75-77-79-81-83-85-87-89-91-93-95-97-99-101-103-105-104-102-100-98-96-94-92-90-88-86-84-82-80-78-76-74-72-70-68-66-64-62-60-58-56-54-52-50-48-46-44-42-40-38-36-34-32-30-28-26-24-22-20-18-16-14-12-10-8-6-4-2/h1H3/q-1. The minimum Gasteiger partial charge on any atom is -0.358 e. The van der Waals surface area contributed by atoms with Gasteiger partial charge in [-0.15, -0.1) is 5.92 Å². The molecule has 0 saturated heterocycles. The Morgan fingerprint density at radius 1 is 0.0762 bits per heavy atom. The van der Waals surface area contributed by atoms with Crippen molar-refractivity contribution in [1.29, 1.82) is 0 Å². The Morgan fingerprint density at radius 3 is 0.171 bits per heavy atom. The Kier molecular flexibility index (Phi) is 63.4. The smallest absolute Gasteiger partial charge is 0 e. The highest BCUT2D eigenvalue weighted by atomic mass is 13.7. The van der Waals surface area contributed by atoms with Crippen LogP contribution in [0.2, 0.25) is 0 Å². The van der Waals surface area contributed by atoms with Crippen LogP contribution in [0.15, 0.2) is 0 Å². The summed E-state index contributed by atoms with van der Waals surface area (Å²) in [6.45, 7) is 1.68. The van der Waals surface area contributed by atoms with Gasteiger partial charge in [-0.1, -0.05) is 5.92 Å². The lowest BCUT2D eigenvalue weighted by molar-refractivity contribution is 1.92. The molecule has 0 bridgehead atoms. The lowest BCUT2D eigenvalue weighted by Gasteiger charge is -1.63. The van der Waals surface area contributed by atoms with Crippen LogP contribution in [0.3, 0.4) is 0 Å². The highest BCUT2D eigenvalue weighted by Crippen LogP contribution is 1.68. The zero-order valence-corrected chi connectivity index (χ0v) is 53.0. The summed E-state index contributed by atoms with van der Waals surface area (Å²) in [5.74, 6) is 256. The normalized spacial score (nSPS) is 3.96. The summed E-state index contributed by atoms with van der Waals surface area (Å²) in [5, 5.41) is 0. The monoisotopic (exact) mass is 1260 g/mol. The maximum Gasteiger partial charge on any atom is 0 e. The molecule has 0 amide bonds. The molecule has 0 rings (SSSR count). The second-order valence-corrected chi connectivity index (χ2v) is 13.0. The van der Waals surface area contributed by atoms with Gasteiger partial charge in [-0.05, 0) is 102 Å². The van der Waals surface area contributed by atoms with Crippen LogP contribution in [0, 0.1) is 616 Å². The first-order valence-corrected chi connectivity index (χ1v) is 26.2. The number of hydrogen-bond donors (Lipinski definition) is 0. The summed E-state index contributed by atoms with van der Waals surface area (Å²) in [4.78, 5) is 0. The van der Waals surface area contributed by atoms with Crippen LogP contribution in [0.5, 0.6) is 0 Å². The van der Waals surface area contributed by atoms with Crippen LogP contribution < -0.4 is 0 Å². The topological polar surface area (TPSA) is 0 Å². The molecule has 0 aromatic rings. The van der Waals surface area contributed by atoms with E-state index in [1.165, 1.54) is 0 Å². The van der Waals surface area contributed by atoms with Gasteiger partial charge in [0.25, 0.3) is 0 Å². The van der Waals surface area contributed by atoms with E-state index in [1.807, 2.05) is 5.92 Å². The van der Waals surface area contributed by atoms with E-state index >= 15 is 0 Å². The van der Waals surface area contributed by atoms with Gasteiger partial charge in [0, 0.05) is 491 Å². The first kappa shape index (κ1) is 82.1. The molecule has 0 saturated carbocycles. The lowest BCUT2D eigenvalue weighted by Crippen LogP contribution is -1.57. The average Bonchev–Trinajstić information content (AvgIpc) is 3.78. The summed E-state index contributed by atoms with van der Waals surface area (Å²) in [6, 6.07) is 0. The summed E-state index contributed by atoms with van der Waals surface area (Å²) >= 11 is 0. The van der Waals surface area contributed by atoms with E-state index in [0.717, 1.165) is 0 Å². The Labute approximate surface area is 619 Å². The third-order valence-electron chi connectivity index (χ3n) is 6.44. The zero-order valence-electron chi connectivity index (χ0n) is 53.0. The largest absolute Gasteiger partial charge is 0.358 e. The Bertz CT molecular complexity index is 7450. The highest BCUT2D eigenvalue weighted by Gasteiger charge is 1.67. The molecule has 0 heterocycles. The van der Waals surface area contributed by atoms with E-state index in [2.05, 4.69) is 604 Å². The molecule has 105 heavy (non-hydrogen) atoms. The van der Waals surface area contributed by atoms with Crippen molar-refractivity contribution in [1.82, 2.24) is 0 Å². The SMILES string of the molecule is [C-]#CC#CC#CC#CC#CC#CC#CC#CC#CC#CC#CC#CC#CC#CC#CC#CC#CC#CC#CC#CC#CC#CC#CC#CC#CC#CC#CC#CC#CC#CC#CC#CC#CC#CC#CC#CC#CC#CC#CC#CC#CC#CC#CC#CC#CC#CC#CC#CC#CC#CC#CC#CC. The average molecular weight is 1260 g/mol. The number of hydrogen-bond acceptors (Lipinski definition) is 0. The summed E-state index contributed by atoms with van der Waals surface area (Å²) < 4.78 is 0. The van der Waals surface area contributed by atoms with Crippen molar-refractivity contribution in [2.45, 2.75) is 6.92 Å². The van der Waals surface area contributed by atoms with Crippen molar-refractivity contribution < 1.29 is 0 Å². The van der Waals surface area contributed by atoms with Gasteiger partial charge in [0.05, 0.1) is 0 Å². The van der Waals surface area contributed by atoms with E-state index in [9.17, 15) is 0 Å². The first-order chi connectivity index (χ1) is 52.4. The maximum atomic E-state index is 6.59. The van der Waals surface area contributed by atoms with Crippen molar-refractivity contribution in [2.24, 2.45) is 0 Å².